The quantitative estimate of drug-likeness (QED) is 0.855. The number of benzene rings is 1. The van der Waals surface area contributed by atoms with Gasteiger partial charge in [0.1, 0.15) is 5.82 Å². The molecule has 0 N–H and O–H groups in total. The number of hydrogen-bond donors (Lipinski definition) is 0. The van der Waals surface area contributed by atoms with E-state index in [1.165, 1.54) is 11.1 Å². The average Bonchev–Trinajstić information content (AvgIpc) is 2.90. The third-order valence-electron chi connectivity index (χ3n) is 3.98. The smallest absolute Gasteiger partial charge is 0.132 e. The molecule has 3 nitrogen and oxygen atoms in total. The molecule has 1 aromatic heterocycles. The number of nitrogens with zero attached hydrogens (tertiary/aromatic N) is 3. The van der Waals surface area contributed by atoms with E-state index in [2.05, 4.69) is 46.1 Å². The standard InChI is InChI=1S/C17H21N3/c1-13-3-5-15(6-4-13)11-20-10-8-16(12-20)17-18-9-7-14(2)19-17/h3-7,9,16H,8,10-12H2,1-2H3/t16-/m0/s1. The molecule has 0 spiro atoms. The Hall–Kier alpha value is -1.74. The van der Waals surface area contributed by atoms with Gasteiger partial charge in [0.2, 0.25) is 0 Å². The van der Waals surface area contributed by atoms with Crippen LogP contribution in [0.1, 0.15) is 35.0 Å². The predicted molar refractivity (Wildman–Crippen MR) is 80.6 cm³/mol. The summed E-state index contributed by atoms with van der Waals surface area (Å²) in [6.07, 6.45) is 3.04. The molecule has 1 atom stereocenters. The SMILES string of the molecule is Cc1ccc(CN2CC[C@H](c3nccc(C)n3)C2)cc1. The molecule has 2 aromatic rings. The van der Waals surface area contributed by atoms with Crippen LogP contribution in [-0.2, 0) is 6.54 Å². The molecule has 0 radical (unpaired) electrons. The molecule has 0 bridgehead atoms. The van der Waals surface area contributed by atoms with Gasteiger partial charge in [-0.05, 0) is 38.4 Å². The maximum absolute atomic E-state index is 4.57. The summed E-state index contributed by atoms with van der Waals surface area (Å²) >= 11 is 0. The van der Waals surface area contributed by atoms with Crippen LogP contribution in [0.2, 0.25) is 0 Å². The van der Waals surface area contributed by atoms with E-state index in [1.54, 1.807) is 0 Å². The number of hydrogen-bond acceptors (Lipinski definition) is 3. The molecule has 1 aliphatic heterocycles. The minimum absolute atomic E-state index is 0.486. The van der Waals surface area contributed by atoms with E-state index in [4.69, 9.17) is 0 Å². The summed E-state index contributed by atoms with van der Waals surface area (Å²) in [6.45, 7) is 7.39. The Morgan fingerprint density at radius 2 is 1.95 bits per heavy atom. The molecule has 1 fully saturated rings. The molecule has 0 aliphatic carbocycles. The fourth-order valence-corrected chi connectivity index (χ4v) is 2.80. The van der Waals surface area contributed by atoms with Crippen LogP contribution >= 0.6 is 0 Å². The monoisotopic (exact) mass is 267 g/mol. The van der Waals surface area contributed by atoms with Crippen molar-refractivity contribution in [2.75, 3.05) is 13.1 Å². The van der Waals surface area contributed by atoms with Crippen LogP contribution in [0.15, 0.2) is 36.5 Å². The zero-order valence-corrected chi connectivity index (χ0v) is 12.2. The molecule has 0 saturated carbocycles. The van der Waals surface area contributed by atoms with Crippen molar-refractivity contribution in [1.82, 2.24) is 14.9 Å². The Morgan fingerprint density at radius 1 is 1.15 bits per heavy atom. The fourth-order valence-electron chi connectivity index (χ4n) is 2.80. The van der Waals surface area contributed by atoms with E-state index in [1.807, 2.05) is 19.2 Å². The normalized spacial score (nSPS) is 19.4. The van der Waals surface area contributed by atoms with Gasteiger partial charge in [0, 0.05) is 30.9 Å². The molecule has 2 heterocycles. The molecule has 20 heavy (non-hydrogen) atoms. The second-order valence-electron chi connectivity index (χ2n) is 5.76. The molecule has 104 valence electrons. The van der Waals surface area contributed by atoms with E-state index in [0.717, 1.165) is 37.6 Å². The van der Waals surface area contributed by atoms with E-state index in [9.17, 15) is 0 Å². The van der Waals surface area contributed by atoms with Gasteiger partial charge in [0.05, 0.1) is 0 Å². The lowest BCUT2D eigenvalue weighted by atomic mass is 10.1. The summed E-state index contributed by atoms with van der Waals surface area (Å²) in [5, 5.41) is 0. The highest BCUT2D eigenvalue weighted by molar-refractivity contribution is 5.21. The van der Waals surface area contributed by atoms with E-state index >= 15 is 0 Å². The number of aromatic nitrogens is 2. The van der Waals surface area contributed by atoms with Gasteiger partial charge in [-0.1, -0.05) is 29.8 Å². The highest BCUT2D eigenvalue weighted by Gasteiger charge is 2.25. The van der Waals surface area contributed by atoms with Crippen LogP contribution in [-0.4, -0.2) is 28.0 Å². The number of rotatable bonds is 3. The summed E-state index contributed by atoms with van der Waals surface area (Å²) in [5.41, 5.74) is 3.77. The third kappa shape index (κ3) is 3.05. The maximum Gasteiger partial charge on any atom is 0.132 e. The topological polar surface area (TPSA) is 29.0 Å². The summed E-state index contributed by atoms with van der Waals surface area (Å²) in [7, 11) is 0. The Morgan fingerprint density at radius 3 is 2.70 bits per heavy atom. The van der Waals surface area contributed by atoms with Crippen LogP contribution in [0.3, 0.4) is 0 Å². The fraction of sp³-hybridized carbons (Fsp3) is 0.412. The highest BCUT2D eigenvalue weighted by atomic mass is 15.1. The van der Waals surface area contributed by atoms with Crippen LogP contribution < -0.4 is 0 Å². The van der Waals surface area contributed by atoms with Gasteiger partial charge in [-0.2, -0.15) is 0 Å². The first kappa shape index (κ1) is 13.3. The maximum atomic E-state index is 4.57. The second kappa shape index (κ2) is 5.71. The van der Waals surface area contributed by atoms with Crippen LogP contribution in [0.4, 0.5) is 0 Å². The number of aryl methyl sites for hydroxylation is 2. The first-order valence-electron chi connectivity index (χ1n) is 7.28. The zero-order valence-electron chi connectivity index (χ0n) is 12.2. The summed E-state index contributed by atoms with van der Waals surface area (Å²) in [6, 6.07) is 10.8. The molecule has 1 aromatic carbocycles. The Bertz CT molecular complexity index is 577. The van der Waals surface area contributed by atoms with Gasteiger partial charge in [-0.3, -0.25) is 4.90 Å². The second-order valence-corrected chi connectivity index (χ2v) is 5.76. The molecule has 3 rings (SSSR count). The van der Waals surface area contributed by atoms with Gasteiger partial charge in [-0.15, -0.1) is 0 Å². The predicted octanol–water partition coefficient (Wildman–Crippen LogP) is 3.08. The molecule has 1 saturated heterocycles. The van der Waals surface area contributed by atoms with Crippen LogP contribution in [0, 0.1) is 13.8 Å². The third-order valence-corrected chi connectivity index (χ3v) is 3.98. The molecule has 1 aliphatic rings. The van der Waals surface area contributed by atoms with Gasteiger partial charge in [0.15, 0.2) is 0 Å². The van der Waals surface area contributed by atoms with Crippen molar-refractivity contribution >= 4 is 0 Å². The van der Waals surface area contributed by atoms with Crippen molar-refractivity contribution in [2.45, 2.75) is 32.7 Å². The minimum atomic E-state index is 0.486. The first-order chi connectivity index (χ1) is 9.70. The van der Waals surface area contributed by atoms with E-state index in [0.29, 0.717) is 5.92 Å². The minimum Gasteiger partial charge on any atom is -0.298 e. The van der Waals surface area contributed by atoms with Crippen molar-refractivity contribution in [1.29, 1.82) is 0 Å². The Labute approximate surface area is 120 Å². The molecular formula is C17H21N3. The number of likely N-dealkylation sites (tertiary alicyclic amines) is 1. The van der Waals surface area contributed by atoms with E-state index in [-0.39, 0.29) is 0 Å². The largest absolute Gasteiger partial charge is 0.298 e. The Balaban J connectivity index is 1.63. The average molecular weight is 267 g/mol. The van der Waals surface area contributed by atoms with Crippen molar-refractivity contribution in [2.24, 2.45) is 0 Å². The van der Waals surface area contributed by atoms with Crippen molar-refractivity contribution in [3.8, 4) is 0 Å². The van der Waals surface area contributed by atoms with Crippen molar-refractivity contribution in [3.63, 3.8) is 0 Å². The van der Waals surface area contributed by atoms with Crippen LogP contribution in [0.25, 0.3) is 0 Å². The van der Waals surface area contributed by atoms with Crippen molar-refractivity contribution < 1.29 is 0 Å². The lowest BCUT2D eigenvalue weighted by Crippen LogP contribution is -2.20. The summed E-state index contributed by atoms with van der Waals surface area (Å²) < 4.78 is 0. The molecule has 3 heteroatoms. The lowest BCUT2D eigenvalue weighted by molar-refractivity contribution is 0.325. The summed E-state index contributed by atoms with van der Waals surface area (Å²) in [5.74, 6) is 1.50. The first-order valence-corrected chi connectivity index (χ1v) is 7.28. The lowest BCUT2D eigenvalue weighted by Gasteiger charge is -2.16. The summed E-state index contributed by atoms with van der Waals surface area (Å²) in [4.78, 5) is 11.5. The van der Waals surface area contributed by atoms with Gasteiger partial charge in [0.25, 0.3) is 0 Å². The van der Waals surface area contributed by atoms with Gasteiger partial charge >= 0.3 is 0 Å². The molecule has 0 unspecified atom stereocenters. The van der Waals surface area contributed by atoms with Gasteiger partial charge < -0.3 is 0 Å². The van der Waals surface area contributed by atoms with E-state index < -0.39 is 0 Å². The zero-order chi connectivity index (χ0) is 13.9. The van der Waals surface area contributed by atoms with Gasteiger partial charge in [-0.25, -0.2) is 9.97 Å². The Kier molecular flexibility index (Phi) is 3.79. The van der Waals surface area contributed by atoms with Crippen LogP contribution in [0.5, 0.6) is 0 Å². The molecule has 0 amide bonds. The van der Waals surface area contributed by atoms with Crippen molar-refractivity contribution in [3.05, 3.63) is 59.2 Å². The molecular weight excluding hydrogens is 246 g/mol. The highest BCUT2D eigenvalue weighted by Crippen LogP contribution is 2.25.